The van der Waals surface area contributed by atoms with Crippen LogP contribution in [0.2, 0.25) is 0 Å². The van der Waals surface area contributed by atoms with Crippen LogP contribution in [0, 0.1) is 0 Å². The number of aliphatic hydroxyl groups excluding tert-OH is 1. The lowest BCUT2D eigenvalue weighted by molar-refractivity contribution is 0.0591. The van der Waals surface area contributed by atoms with E-state index in [1.54, 1.807) is 60.8 Å². The van der Waals surface area contributed by atoms with Crippen LogP contribution in [0.15, 0.2) is 83.8 Å². The lowest BCUT2D eigenvalue weighted by Gasteiger charge is -2.21. The highest BCUT2D eigenvalue weighted by atomic mass is 16.5. The van der Waals surface area contributed by atoms with Gasteiger partial charge in [-0.1, -0.05) is 18.2 Å². The molecule has 10 heteroatoms. The Morgan fingerprint density at radius 1 is 0.860 bits per heavy atom. The van der Waals surface area contributed by atoms with Crippen LogP contribution < -0.4 is 24.5 Å². The fourth-order valence-electron chi connectivity index (χ4n) is 4.96. The van der Waals surface area contributed by atoms with Crippen molar-refractivity contribution in [2.24, 2.45) is 0 Å². The first kappa shape index (κ1) is 29.2. The largest absolute Gasteiger partial charge is 0.493 e. The molecule has 10 nitrogen and oxygen atoms in total. The number of carbonyl (C=O) groups excluding carboxylic acids is 1. The third-order valence-electron chi connectivity index (χ3n) is 6.95. The van der Waals surface area contributed by atoms with Crippen molar-refractivity contribution in [2.75, 3.05) is 28.4 Å². The maximum atomic E-state index is 14.3. The van der Waals surface area contributed by atoms with Gasteiger partial charge < -0.3 is 28.8 Å². The summed E-state index contributed by atoms with van der Waals surface area (Å²) in [5, 5.41) is 10.6. The summed E-state index contributed by atoms with van der Waals surface area (Å²) in [7, 11) is 5.73. The molecule has 3 aromatic carbocycles. The van der Waals surface area contributed by atoms with Crippen molar-refractivity contribution >= 4 is 16.7 Å². The van der Waals surface area contributed by atoms with Gasteiger partial charge >= 0.3 is 5.97 Å². The lowest BCUT2D eigenvalue weighted by Crippen LogP contribution is -2.27. The summed E-state index contributed by atoms with van der Waals surface area (Å²) < 4.78 is 29.2. The number of fused-ring (bicyclic) bond motifs is 1. The van der Waals surface area contributed by atoms with E-state index in [0.717, 1.165) is 5.69 Å². The normalized spacial score (nSPS) is 10.8. The van der Waals surface area contributed by atoms with Gasteiger partial charge in [0.2, 0.25) is 5.75 Å². The summed E-state index contributed by atoms with van der Waals surface area (Å²) in [6.07, 6.45) is 1.68. The molecule has 2 heterocycles. The Balaban J connectivity index is 1.86. The fraction of sp³-hybridized carbons (Fsp3) is 0.182. The van der Waals surface area contributed by atoms with Crippen molar-refractivity contribution in [1.29, 1.82) is 0 Å². The van der Waals surface area contributed by atoms with E-state index in [2.05, 4.69) is 4.98 Å². The minimum absolute atomic E-state index is 0.0217. The maximum absolute atomic E-state index is 14.3. The van der Waals surface area contributed by atoms with E-state index in [0.29, 0.717) is 50.8 Å². The first-order chi connectivity index (χ1) is 20.9. The summed E-state index contributed by atoms with van der Waals surface area (Å²) in [4.78, 5) is 32.1. The number of benzene rings is 3. The first-order valence-corrected chi connectivity index (χ1v) is 13.3. The van der Waals surface area contributed by atoms with E-state index < -0.39 is 11.5 Å². The van der Waals surface area contributed by atoms with Gasteiger partial charge in [0, 0.05) is 17.4 Å². The number of aromatic nitrogens is 2. The molecule has 0 amide bonds. The number of methoxy groups -OCH3 is 4. The number of carbonyl (C=O) groups is 1. The molecule has 5 rings (SSSR count). The minimum atomic E-state index is -0.743. The van der Waals surface area contributed by atoms with Crippen LogP contribution in [0.3, 0.4) is 0 Å². The van der Waals surface area contributed by atoms with Crippen molar-refractivity contribution in [3.63, 3.8) is 0 Å². The van der Waals surface area contributed by atoms with Gasteiger partial charge in [-0.2, -0.15) is 0 Å². The Labute approximate surface area is 247 Å². The molecule has 0 unspecified atom stereocenters. The van der Waals surface area contributed by atoms with Gasteiger partial charge in [0.1, 0.15) is 18.1 Å². The lowest BCUT2D eigenvalue weighted by atomic mass is 9.95. The zero-order valence-electron chi connectivity index (χ0n) is 24.1. The SMILES string of the molecule is COC(=O)c1c(-c2cc(OC)c(OC)c(OC)c2)c2ccc(OCc3ccccn3)cc2c(=O)n1-c1cccc(CO)c1. The van der Waals surface area contributed by atoms with Gasteiger partial charge in [-0.3, -0.25) is 14.3 Å². The molecule has 0 bridgehead atoms. The Kier molecular flexibility index (Phi) is 8.59. The minimum Gasteiger partial charge on any atom is -0.493 e. The number of aliphatic hydroxyl groups is 1. The first-order valence-electron chi connectivity index (χ1n) is 13.3. The smallest absolute Gasteiger partial charge is 0.355 e. The Hall–Kier alpha value is -5.35. The quantitative estimate of drug-likeness (QED) is 0.229. The molecule has 0 aliphatic heterocycles. The molecule has 0 spiro atoms. The average Bonchev–Trinajstić information content (AvgIpc) is 3.06. The molecular weight excluding hydrogens is 552 g/mol. The number of rotatable bonds is 10. The molecule has 0 radical (unpaired) electrons. The van der Waals surface area contributed by atoms with Crippen molar-refractivity contribution in [3.8, 4) is 39.8 Å². The Bertz CT molecular complexity index is 1830. The van der Waals surface area contributed by atoms with E-state index in [1.807, 2.05) is 18.2 Å². The van der Waals surface area contributed by atoms with Crippen LogP contribution in [-0.2, 0) is 18.0 Å². The predicted molar refractivity (Wildman–Crippen MR) is 160 cm³/mol. The van der Waals surface area contributed by atoms with E-state index in [-0.39, 0.29) is 24.3 Å². The Morgan fingerprint density at radius 3 is 2.26 bits per heavy atom. The molecule has 0 aliphatic rings. The van der Waals surface area contributed by atoms with Crippen LogP contribution >= 0.6 is 0 Å². The molecule has 220 valence electrons. The topological polar surface area (TPSA) is 118 Å². The molecule has 0 saturated carbocycles. The van der Waals surface area contributed by atoms with Crippen molar-refractivity contribution < 1.29 is 33.6 Å². The third kappa shape index (κ3) is 5.60. The maximum Gasteiger partial charge on any atom is 0.355 e. The second-order valence-electron chi connectivity index (χ2n) is 9.41. The molecule has 0 fully saturated rings. The van der Waals surface area contributed by atoms with E-state index in [9.17, 15) is 14.7 Å². The van der Waals surface area contributed by atoms with Gasteiger partial charge in [0.05, 0.1) is 46.1 Å². The third-order valence-corrected chi connectivity index (χ3v) is 6.95. The zero-order valence-corrected chi connectivity index (χ0v) is 24.1. The average molecular weight is 583 g/mol. The highest BCUT2D eigenvalue weighted by molar-refractivity contribution is 6.07. The van der Waals surface area contributed by atoms with E-state index in [4.69, 9.17) is 23.7 Å². The summed E-state index contributed by atoms with van der Waals surface area (Å²) in [6.45, 7) is -0.0615. The second kappa shape index (κ2) is 12.7. The molecule has 43 heavy (non-hydrogen) atoms. The van der Waals surface area contributed by atoms with Gasteiger partial charge in [0.25, 0.3) is 5.56 Å². The number of pyridine rings is 2. The number of hydrogen-bond donors (Lipinski definition) is 1. The van der Waals surface area contributed by atoms with Gasteiger partial charge in [-0.05, 0) is 71.1 Å². The molecule has 5 aromatic rings. The van der Waals surface area contributed by atoms with Gasteiger partial charge in [-0.15, -0.1) is 0 Å². The summed E-state index contributed by atoms with van der Waals surface area (Å²) in [6, 6.07) is 20.7. The van der Waals surface area contributed by atoms with Crippen LogP contribution in [0.4, 0.5) is 0 Å². The molecule has 1 N–H and O–H groups in total. The van der Waals surface area contributed by atoms with E-state index >= 15 is 0 Å². The van der Waals surface area contributed by atoms with Gasteiger partial charge in [0.15, 0.2) is 11.5 Å². The molecule has 0 atom stereocenters. The van der Waals surface area contributed by atoms with Crippen LogP contribution in [0.1, 0.15) is 21.7 Å². The summed E-state index contributed by atoms with van der Waals surface area (Å²) in [5.41, 5.74) is 2.05. The molecule has 2 aromatic heterocycles. The van der Waals surface area contributed by atoms with Crippen molar-refractivity contribution in [3.05, 3.63) is 106 Å². The fourth-order valence-corrected chi connectivity index (χ4v) is 4.96. The Morgan fingerprint density at radius 2 is 1.63 bits per heavy atom. The number of nitrogens with zero attached hydrogens (tertiary/aromatic N) is 2. The molecule has 0 saturated heterocycles. The second-order valence-corrected chi connectivity index (χ2v) is 9.41. The summed E-state index contributed by atoms with van der Waals surface area (Å²) in [5.74, 6) is 0.777. The zero-order chi connectivity index (χ0) is 30.5. The van der Waals surface area contributed by atoms with Crippen LogP contribution in [0.5, 0.6) is 23.0 Å². The molecule has 0 aliphatic carbocycles. The van der Waals surface area contributed by atoms with Crippen molar-refractivity contribution in [1.82, 2.24) is 9.55 Å². The highest BCUT2D eigenvalue weighted by Gasteiger charge is 2.27. The van der Waals surface area contributed by atoms with Crippen LogP contribution in [0.25, 0.3) is 27.6 Å². The number of ether oxygens (including phenoxy) is 5. The van der Waals surface area contributed by atoms with Gasteiger partial charge in [-0.25, -0.2) is 4.79 Å². The van der Waals surface area contributed by atoms with Crippen molar-refractivity contribution in [2.45, 2.75) is 13.2 Å². The highest BCUT2D eigenvalue weighted by Crippen LogP contribution is 2.44. The number of hydrogen-bond acceptors (Lipinski definition) is 9. The summed E-state index contributed by atoms with van der Waals surface area (Å²) >= 11 is 0. The monoisotopic (exact) mass is 582 g/mol. The number of esters is 1. The van der Waals surface area contributed by atoms with E-state index in [1.165, 1.54) is 33.0 Å². The predicted octanol–water partition coefficient (Wildman–Crippen LogP) is 4.94. The standard InChI is InChI=1S/C33H30N2O8/c1-39-27-15-21(16-28(40-2)31(27)41-3)29-25-12-11-24(43-19-22-9-5-6-13-34-22)17-26(25)32(37)35(30(29)33(38)42-4)23-10-7-8-20(14-23)18-36/h5-17,36H,18-19H2,1-4H3. The molecular formula is C33H30N2O8. The van der Waals surface area contributed by atoms with Crippen LogP contribution in [-0.4, -0.2) is 49.1 Å².